The van der Waals surface area contributed by atoms with Crippen molar-refractivity contribution in [1.29, 1.82) is 0 Å². The molecule has 0 aliphatic carbocycles. The molecule has 21 heavy (non-hydrogen) atoms. The Labute approximate surface area is 120 Å². The molecular weight excluding hydrogens is 269 g/mol. The van der Waals surface area contributed by atoms with E-state index in [2.05, 4.69) is 4.98 Å². The number of phenols is 1. The number of ketones is 1. The number of hydrogen-bond donors (Lipinski definition) is 1. The summed E-state index contributed by atoms with van der Waals surface area (Å²) in [5, 5.41) is 10.1. The third kappa shape index (κ3) is 2.74. The fourth-order valence-corrected chi connectivity index (χ4v) is 2.18. The number of Topliss-reactive ketones (excluding diaryl/α,β-unsaturated/α-hetero) is 1. The molecule has 0 unspecified atom stereocenters. The smallest absolute Gasteiger partial charge is 0.167 e. The van der Waals surface area contributed by atoms with E-state index in [0.29, 0.717) is 0 Å². The van der Waals surface area contributed by atoms with Gasteiger partial charge >= 0.3 is 0 Å². The summed E-state index contributed by atoms with van der Waals surface area (Å²) in [6.45, 7) is 0. The van der Waals surface area contributed by atoms with Crippen LogP contribution >= 0.6 is 0 Å². The van der Waals surface area contributed by atoms with E-state index in [1.165, 1.54) is 12.1 Å². The number of nitrogens with zero attached hydrogens (tertiary/aromatic N) is 1. The SMILES string of the molecule is O=C(Cc1cnc2ccccc2c1)c1ccc(O)c(F)c1. The fraction of sp³-hybridized carbons (Fsp3) is 0.0588. The van der Waals surface area contributed by atoms with Gasteiger partial charge in [0.15, 0.2) is 17.3 Å². The first kappa shape index (κ1) is 13.2. The largest absolute Gasteiger partial charge is 0.505 e. The highest BCUT2D eigenvalue weighted by Gasteiger charge is 2.11. The van der Waals surface area contributed by atoms with E-state index < -0.39 is 11.6 Å². The first-order valence-corrected chi connectivity index (χ1v) is 6.49. The van der Waals surface area contributed by atoms with Gasteiger partial charge in [0.1, 0.15) is 0 Å². The maximum Gasteiger partial charge on any atom is 0.167 e. The lowest BCUT2D eigenvalue weighted by molar-refractivity contribution is 0.0992. The molecule has 0 radical (unpaired) electrons. The van der Waals surface area contributed by atoms with Crippen molar-refractivity contribution in [2.24, 2.45) is 0 Å². The zero-order valence-electron chi connectivity index (χ0n) is 11.1. The number of aromatic hydroxyl groups is 1. The molecule has 2 aromatic carbocycles. The van der Waals surface area contributed by atoms with E-state index in [9.17, 15) is 9.18 Å². The number of halogens is 1. The minimum Gasteiger partial charge on any atom is -0.505 e. The number of phenolic OH excluding ortho intramolecular Hbond substituents is 1. The maximum atomic E-state index is 13.3. The van der Waals surface area contributed by atoms with E-state index in [1.807, 2.05) is 30.3 Å². The van der Waals surface area contributed by atoms with Crippen molar-refractivity contribution < 1.29 is 14.3 Å². The number of carbonyl (C=O) groups is 1. The van der Waals surface area contributed by atoms with E-state index in [4.69, 9.17) is 5.11 Å². The molecule has 0 spiro atoms. The van der Waals surface area contributed by atoms with Gasteiger partial charge in [-0.2, -0.15) is 0 Å². The highest BCUT2D eigenvalue weighted by molar-refractivity contribution is 5.98. The highest BCUT2D eigenvalue weighted by atomic mass is 19.1. The van der Waals surface area contributed by atoms with E-state index in [0.717, 1.165) is 22.5 Å². The Bertz CT molecular complexity index is 830. The summed E-state index contributed by atoms with van der Waals surface area (Å²) in [4.78, 5) is 16.4. The zero-order valence-corrected chi connectivity index (χ0v) is 11.1. The number of pyridine rings is 1. The van der Waals surface area contributed by atoms with Crippen LogP contribution in [-0.2, 0) is 6.42 Å². The average Bonchev–Trinajstić information content (AvgIpc) is 2.50. The summed E-state index contributed by atoms with van der Waals surface area (Å²) in [7, 11) is 0. The van der Waals surface area contributed by atoms with Crippen LogP contribution in [0.25, 0.3) is 10.9 Å². The number of rotatable bonds is 3. The van der Waals surface area contributed by atoms with Crippen LogP contribution in [0.15, 0.2) is 54.7 Å². The molecule has 0 aliphatic heterocycles. The third-order valence-electron chi connectivity index (χ3n) is 3.28. The maximum absolute atomic E-state index is 13.3. The molecule has 1 heterocycles. The highest BCUT2D eigenvalue weighted by Crippen LogP contribution is 2.18. The second-order valence-corrected chi connectivity index (χ2v) is 4.80. The summed E-state index contributed by atoms with van der Waals surface area (Å²) < 4.78 is 13.3. The predicted molar refractivity (Wildman–Crippen MR) is 77.8 cm³/mol. The third-order valence-corrected chi connectivity index (χ3v) is 3.28. The van der Waals surface area contributed by atoms with Gasteiger partial charge in [0.05, 0.1) is 5.52 Å². The molecule has 4 heteroatoms. The molecule has 0 fully saturated rings. The number of para-hydroxylation sites is 1. The lowest BCUT2D eigenvalue weighted by Crippen LogP contribution is -2.04. The molecule has 0 atom stereocenters. The minimum atomic E-state index is -0.794. The van der Waals surface area contributed by atoms with Crippen LogP contribution in [0.4, 0.5) is 4.39 Å². The van der Waals surface area contributed by atoms with Gasteiger partial charge in [-0.05, 0) is 35.9 Å². The second-order valence-electron chi connectivity index (χ2n) is 4.80. The quantitative estimate of drug-likeness (QED) is 0.747. The van der Waals surface area contributed by atoms with Gasteiger partial charge in [-0.25, -0.2) is 4.39 Å². The monoisotopic (exact) mass is 281 g/mol. The Kier molecular flexibility index (Phi) is 3.36. The minimum absolute atomic E-state index is 0.141. The van der Waals surface area contributed by atoms with Gasteiger partial charge in [0, 0.05) is 23.6 Å². The van der Waals surface area contributed by atoms with Crippen molar-refractivity contribution in [3.8, 4) is 5.75 Å². The molecule has 0 aliphatic rings. The Morgan fingerprint density at radius 1 is 1.14 bits per heavy atom. The van der Waals surface area contributed by atoms with Crippen LogP contribution < -0.4 is 0 Å². The standard InChI is InChI=1S/C17H12FNO2/c18-14-9-13(5-6-16(14)20)17(21)8-11-7-12-3-1-2-4-15(12)19-10-11/h1-7,9-10,20H,8H2. The van der Waals surface area contributed by atoms with Crippen molar-refractivity contribution in [3.63, 3.8) is 0 Å². The van der Waals surface area contributed by atoms with Gasteiger partial charge in [0.25, 0.3) is 0 Å². The summed E-state index contributed by atoms with van der Waals surface area (Å²) in [6, 6.07) is 13.2. The molecule has 3 nitrogen and oxygen atoms in total. The fourth-order valence-electron chi connectivity index (χ4n) is 2.18. The molecule has 1 N–H and O–H groups in total. The van der Waals surface area contributed by atoms with Gasteiger partial charge in [0.2, 0.25) is 0 Å². The average molecular weight is 281 g/mol. The van der Waals surface area contributed by atoms with Crippen molar-refractivity contribution in [2.45, 2.75) is 6.42 Å². The van der Waals surface area contributed by atoms with Gasteiger partial charge < -0.3 is 5.11 Å². The molecule has 3 rings (SSSR count). The number of aromatic nitrogens is 1. The molecule has 0 saturated carbocycles. The Hall–Kier alpha value is -2.75. The van der Waals surface area contributed by atoms with Crippen LogP contribution in [0.2, 0.25) is 0 Å². The summed E-state index contributed by atoms with van der Waals surface area (Å²) in [5.41, 5.74) is 1.87. The number of fused-ring (bicyclic) bond motifs is 1. The van der Waals surface area contributed by atoms with E-state index >= 15 is 0 Å². The number of carbonyl (C=O) groups excluding carboxylic acids is 1. The predicted octanol–water partition coefficient (Wildman–Crippen LogP) is 3.50. The van der Waals surface area contributed by atoms with Crippen molar-refractivity contribution in [2.75, 3.05) is 0 Å². The van der Waals surface area contributed by atoms with Gasteiger partial charge in [-0.3, -0.25) is 9.78 Å². The topological polar surface area (TPSA) is 50.2 Å². The molecule has 0 amide bonds. The second kappa shape index (κ2) is 5.32. The van der Waals surface area contributed by atoms with Gasteiger partial charge in [-0.15, -0.1) is 0 Å². The van der Waals surface area contributed by atoms with Crippen molar-refractivity contribution in [1.82, 2.24) is 4.98 Å². The normalized spacial score (nSPS) is 10.7. The van der Waals surface area contributed by atoms with Crippen molar-refractivity contribution >= 4 is 16.7 Å². The molecule has 0 saturated heterocycles. The first-order valence-electron chi connectivity index (χ1n) is 6.49. The lowest BCUT2D eigenvalue weighted by atomic mass is 10.0. The Morgan fingerprint density at radius 2 is 1.95 bits per heavy atom. The molecule has 0 bridgehead atoms. The molecule has 1 aromatic heterocycles. The van der Waals surface area contributed by atoms with Crippen LogP contribution in [0.1, 0.15) is 15.9 Å². The first-order chi connectivity index (χ1) is 10.1. The summed E-state index contributed by atoms with van der Waals surface area (Å²) in [6.07, 6.45) is 1.79. The van der Waals surface area contributed by atoms with Crippen LogP contribution in [-0.4, -0.2) is 15.9 Å². The van der Waals surface area contributed by atoms with Crippen molar-refractivity contribution in [3.05, 3.63) is 71.7 Å². The molecule has 3 aromatic rings. The van der Waals surface area contributed by atoms with E-state index in [1.54, 1.807) is 6.20 Å². The summed E-state index contributed by atoms with van der Waals surface area (Å²) >= 11 is 0. The van der Waals surface area contributed by atoms with Crippen LogP contribution in [0.3, 0.4) is 0 Å². The van der Waals surface area contributed by atoms with Gasteiger partial charge in [-0.1, -0.05) is 18.2 Å². The summed E-state index contributed by atoms with van der Waals surface area (Å²) in [5.74, 6) is -1.47. The van der Waals surface area contributed by atoms with Crippen LogP contribution in [0.5, 0.6) is 5.75 Å². The Morgan fingerprint density at radius 3 is 2.76 bits per heavy atom. The van der Waals surface area contributed by atoms with E-state index in [-0.39, 0.29) is 17.8 Å². The zero-order chi connectivity index (χ0) is 14.8. The molecule has 104 valence electrons. The number of hydrogen-bond acceptors (Lipinski definition) is 3. The van der Waals surface area contributed by atoms with Crippen LogP contribution in [0, 0.1) is 5.82 Å². The Balaban J connectivity index is 1.87. The number of benzene rings is 2. The molecular formula is C17H12FNO2. The lowest BCUT2D eigenvalue weighted by Gasteiger charge is -2.04.